The molecule has 152 valence electrons. The number of ether oxygens (including phenoxy) is 1. The lowest BCUT2D eigenvalue weighted by Gasteiger charge is -2.09. The summed E-state index contributed by atoms with van der Waals surface area (Å²) in [5.74, 6) is -0.948. The number of benzene rings is 1. The van der Waals surface area contributed by atoms with Gasteiger partial charge in [0.15, 0.2) is 11.6 Å². The Labute approximate surface area is 177 Å². The molecule has 3 N–H and O–H groups in total. The summed E-state index contributed by atoms with van der Waals surface area (Å²) in [6, 6.07) is 9.00. The van der Waals surface area contributed by atoms with Crippen LogP contribution in [0.4, 0.5) is 4.39 Å². The predicted octanol–water partition coefficient (Wildman–Crippen LogP) is 3.89. The normalized spacial score (nSPS) is 11.4. The molecule has 0 saturated heterocycles. The SMILES string of the molecule is Cl.N[C@@H](CC(=O)O)Cc1ccnc(-c2ccc(Oc3ncc(Cl)cc3F)cc2)n1. The van der Waals surface area contributed by atoms with Crippen LogP contribution in [0.5, 0.6) is 11.6 Å². The number of carboxylic acid groups (broad SMARTS) is 1. The van der Waals surface area contributed by atoms with Gasteiger partial charge in [0.05, 0.1) is 11.4 Å². The molecule has 0 aliphatic heterocycles. The van der Waals surface area contributed by atoms with E-state index < -0.39 is 17.8 Å². The first-order chi connectivity index (χ1) is 13.4. The Morgan fingerprint density at radius 3 is 2.62 bits per heavy atom. The number of rotatable bonds is 7. The van der Waals surface area contributed by atoms with Crippen LogP contribution in [-0.4, -0.2) is 32.1 Å². The fraction of sp³-hybridized carbons (Fsp3) is 0.158. The first-order valence-electron chi connectivity index (χ1n) is 8.29. The maximum Gasteiger partial charge on any atom is 0.304 e. The van der Waals surface area contributed by atoms with Gasteiger partial charge in [-0.15, -0.1) is 12.4 Å². The van der Waals surface area contributed by atoms with Crippen molar-refractivity contribution in [3.8, 4) is 23.0 Å². The van der Waals surface area contributed by atoms with Crippen LogP contribution in [0.2, 0.25) is 5.02 Å². The van der Waals surface area contributed by atoms with E-state index in [4.69, 9.17) is 27.2 Å². The molecule has 0 radical (unpaired) electrons. The topological polar surface area (TPSA) is 111 Å². The van der Waals surface area contributed by atoms with Gasteiger partial charge in [-0.05, 0) is 36.4 Å². The number of hydrogen-bond donors (Lipinski definition) is 2. The molecule has 1 aromatic carbocycles. The van der Waals surface area contributed by atoms with Gasteiger partial charge in [0.1, 0.15) is 5.75 Å². The first-order valence-corrected chi connectivity index (χ1v) is 8.67. The Hall–Kier alpha value is -2.81. The van der Waals surface area contributed by atoms with E-state index in [0.717, 1.165) is 6.07 Å². The summed E-state index contributed by atoms with van der Waals surface area (Å²) < 4.78 is 19.2. The molecule has 10 heteroatoms. The smallest absolute Gasteiger partial charge is 0.304 e. The number of aromatic nitrogens is 3. The van der Waals surface area contributed by atoms with Gasteiger partial charge in [0, 0.05) is 36.1 Å². The zero-order valence-corrected chi connectivity index (χ0v) is 16.5. The third kappa shape index (κ3) is 6.35. The van der Waals surface area contributed by atoms with Crippen LogP contribution >= 0.6 is 24.0 Å². The molecule has 7 nitrogen and oxygen atoms in total. The molecular weight excluding hydrogens is 422 g/mol. The van der Waals surface area contributed by atoms with Crippen molar-refractivity contribution in [2.24, 2.45) is 5.73 Å². The van der Waals surface area contributed by atoms with Crippen LogP contribution in [0.15, 0.2) is 48.8 Å². The largest absolute Gasteiger partial charge is 0.481 e. The highest BCUT2D eigenvalue weighted by atomic mass is 35.5. The number of carbonyl (C=O) groups is 1. The molecular formula is C19H17Cl2FN4O3. The highest BCUT2D eigenvalue weighted by Gasteiger charge is 2.12. The van der Waals surface area contributed by atoms with E-state index in [1.54, 1.807) is 36.5 Å². The van der Waals surface area contributed by atoms with Gasteiger partial charge in [0.25, 0.3) is 5.88 Å². The van der Waals surface area contributed by atoms with Crippen molar-refractivity contribution in [1.29, 1.82) is 0 Å². The molecule has 0 bridgehead atoms. The van der Waals surface area contributed by atoms with Crippen LogP contribution in [0.1, 0.15) is 12.1 Å². The Morgan fingerprint density at radius 2 is 1.97 bits per heavy atom. The molecule has 0 aliphatic rings. The van der Waals surface area contributed by atoms with Gasteiger partial charge in [-0.1, -0.05) is 11.6 Å². The van der Waals surface area contributed by atoms with Crippen LogP contribution in [0.3, 0.4) is 0 Å². The van der Waals surface area contributed by atoms with Crippen LogP contribution in [-0.2, 0) is 11.2 Å². The number of nitrogens with zero attached hydrogens (tertiary/aromatic N) is 3. The molecule has 0 amide bonds. The maximum atomic E-state index is 13.8. The zero-order chi connectivity index (χ0) is 20.1. The number of aliphatic carboxylic acids is 1. The molecule has 0 fully saturated rings. The maximum absolute atomic E-state index is 13.8. The summed E-state index contributed by atoms with van der Waals surface area (Å²) in [6.45, 7) is 0. The van der Waals surface area contributed by atoms with E-state index in [1.807, 2.05) is 0 Å². The van der Waals surface area contributed by atoms with E-state index in [9.17, 15) is 9.18 Å². The molecule has 2 heterocycles. The van der Waals surface area contributed by atoms with Crippen molar-refractivity contribution in [1.82, 2.24) is 15.0 Å². The summed E-state index contributed by atoms with van der Waals surface area (Å²) >= 11 is 5.67. The van der Waals surface area contributed by atoms with E-state index in [2.05, 4.69) is 15.0 Å². The Balaban J connectivity index is 0.00000300. The van der Waals surface area contributed by atoms with Gasteiger partial charge in [0.2, 0.25) is 0 Å². The van der Waals surface area contributed by atoms with E-state index >= 15 is 0 Å². The third-order valence-electron chi connectivity index (χ3n) is 3.72. The number of pyridine rings is 1. The third-order valence-corrected chi connectivity index (χ3v) is 3.93. The van der Waals surface area contributed by atoms with Gasteiger partial charge < -0.3 is 15.6 Å². The van der Waals surface area contributed by atoms with Crippen LogP contribution < -0.4 is 10.5 Å². The van der Waals surface area contributed by atoms with Crippen molar-refractivity contribution < 1.29 is 19.0 Å². The molecule has 3 rings (SSSR count). The fourth-order valence-corrected chi connectivity index (χ4v) is 2.62. The van der Waals surface area contributed by atoms with Gasteiger partial charge in [-0.2, -0.15) is 0 Å². The molecule has 3 aromatic rings. The van der Waals surface area contributed by atoms with Gasteiger partial charge >= 0.3 is 5.97 Å². The zero-order valence-electron chi connectivity index (χ0n) is 15.0. The number of carboxylic acids is 1. The van der Waals surface area contributed by atoms with E-state index in [-0.39, 0.29) is 29.7 Å². The Kier molecular flexibility index (Phi) is 7.83. The lowest BCUT2D eigenvalue weighted by atomic mass is 10.1. The molecule has 0 unspecified atom stereocenters. The lowest BCUT2D eigenvalue weighted by Crippen LogP contribution is -2.26. The van der Waals surface area contributed by atoms with Crippen molar-refractivity contribution in [3.05, 3.63) is 65.3 Å². The summed E-state index contributed by atoms with van der Waals surface area (Å²) in [4.78, 5) is 23.2. The molecule has 0 spiro atoms. The quantitative estimate of drug-likeness (QED) is 0.575. The average molecular weight is 439 g/mol. The monoisotopic (exact) mass is 438 g/mol. The number of hydrogen-bond acceptors (Lipinski definition) is 6. The standard InChI is InChI=1S/C19H16ClFN4O3.ClH/c20-12-7-16(21)19(24-10-12)28-15-3-1-11(2-4-15)18-23-6-5-14(25-18)8-13(22)9-17(26)27;/h1-7,10,13H,8-9,22H2,(H,26,27);1H/t13-;/m1./s1. The van der Waals surface area contributed by atoms with Gasteiger partial charge in [-0.25, -0.2) is 19.3 Å². The second kappa shape index (κ2) is 10.1. The molecule has 1 atom stereocenters. The van der Waals surface area contributed by atoms with Crippen LogP contribution in [0, 0.1) is 5.82 Å². The van der Waals surface area contributed by atoms with Gasteiger partial charge in [-0.3, -0.25) is 4.79 Å². The molecule has 0 saturated carbocycles. The fourth-order valence-electron chi connectivity index (χ4n) is 2.47. The minimum atomic E-state index is -0.955. The summed E-state index contributed by atoms with van der Waals surface area (Å²) in [5, 5.41) is 8.98. The lowest BCUT2D eigenvalue weighted by molar-refractivity contribution is -0.137. The summed E-state index contributed by atoms with van der Waals surface area (Å²) in [7, 11) is 0. The minimum absolute atomic E-state index is 0. The summed E-state index contributed by atoms with van der Waals surface area (Å²) in [5.41, 5.74) is 7.17. The first kappa shape index (κ1) is 22.5. The Bertz CT molecular complexity index is 989. The Morgan fingerprint density at radius 1 is 1.24 bits per heavy atom. The average Bonchev–Trinajstić information content (AvgIpc) is 2.64. The minimum Gasteiger partial charge on any atom is -0.481 e. The predicted molar refractivity (Wildman–Crippen MR) is 108 cm³/mol. The summed E-state index contributed by atoms with van der Waals surface area (Å²) in [6.07, 6.45) is 3.07. The molecule has 29 heavy (non-hydrogen) atoms. The van der Waals surface area contributed by atoms with Crippen molar-refractivity contribution in [2.45, 2.75) is 18.9 Å². The van der Waals surface area contributed by atoms with Crippen LogP contribution in [0.25, 0.3) is 11.4 Å². The number of nitrogens with two attached hydrogens (primary N) is 1. The van der Waals surface area contributed by atoms with Crippen molar-refractivity contribution >= 4 is 30.0 Å². The second-order valence-electron chi connectivity index (χ2n) is 6.00. The molecule has 2 aromatic heterocycles. The highest BCUT2D eigenvalue weighted by molar-refractivity contribution is 6.30. The van der Waals surface area contributed by atoms with Crippen molar-refractivity contribution in [2.75, 3.05) is 0 Å². The van der Waals surface area contributed by atoms with E-state index in [1.165, 1.54) is 6.20 Å². The van der Waals surface area contributed by atoms with Crippen molar-refractivity contribution in [3.63, 3.8) is 0 Å². The second-order valence-corrected chi connectivity index (χ2v) is 6.44. The number of halogens is 3. The molecule has 0 aliphatic carbocycles. The van der Waals surface area contributed by atoms with E-state index in [0.29, 0.717) is 29.3 Å². The highest BCUT2D eigenvalue weighted by Crippen LogP contribution is 2.26.